The molecule has 7 nitrogen and oxygen atoms in total. The van der Waals surface area contributed by atoms with Gasteiger partial charge in [0.05, 0.1) is 0 Å². The molecule has 0 spiro atoms. The Morgan fingerprint density at radius 1 is 1.50 bits per heavy atom. The third-order valence-corrected chi connectivity index (χ3v) is 3.10. The lowest BCUT2D eigenvalue weighted by molar-refractivity contribution is -0.118. The van der Waals surface area contributed by atoms with Gasteiger partial charge in [0.25, 0.3) is 5.91 Å². The average molecular weight is 271 g/mol. The Bertz CT molecular complexity index is 445. The first-order valence-corrected chi connectivity index (χ1v) is 6.35. The second-order valence-electron chi connectivity index (χ2n) is 3.81. The Hall–Kier alpha value is -1.83. The first kappa shape index (κ1) is 14.2. The van der Waals surface area contributed by atoms with Gasteiger partial charge in [-0.15, -0.1) is 0 Å². The lowest BCUT2D eigenvalue weighted by Crippen LogP contribution is -2.35. The average Bonchev–Trinajstić information content (AvgIpc) is 2.58. The van der Waals surface area contributed by atoms with Gasteiger partial charge in [0.1, 0.15) is 10.7 Å². The van der Waals surface area contributed by atoms with E-state index in [1.807, 2.05) is 6.92 Å². The Morgan fingerprint density at radius 3 is 2.72 bits per heavy atom. The summed E-state index contributed by atoms with van der Waals surface area (Å²) in [5.41, 5.74) is 10.7. The van der Waals surface area contributed by atoms with Gasteiger partial charge in [0, 0.05) is 19.0 Å². The van der Waals surface area contributed by atoms with Crippen LogP contribution < -0.4 is 22.1 Å². The molecule has 0 aliphatic heterocycles. The van der Waals surface area contributed by atoms with E-state index in [1.54, 1.807) is 6.92 Å². The lowest BCUT2D eigenvalue weighted by atomic mass is 10.2. The van der Waals surface area contributed by atoms with E-state index in [1.165, 1.54) is 11.3 Å². The highest BCUT2D eigenvalue weighted by atomic mass is 32.1. The minimum atomic E-state index is -0.464. The number of carbonyl (C=O) groups excluding carboxylic acids is 2. The number of aromatic nitrogens is 1. The fraction of sp³-hybridized carbons (Fsp3) is 0.500. The molecule has 1 rings (SSSR count). The number of nitrogens with one attached hydrogen (secondary N) is 2. The molecule has 1 aromatic heterocycles. The van der Waals surface area contributed by atoms with Crippen LogP contribution >= 0.6 is 11.3 Å². The normalized spacial score (nSPS) is 11.9. The SMILES string of the molecule is CCNc1nc(N)c(C(=O)NC(C)CC(N)=O)s1. The van der Waals surface area contributed by atoms with E-state index in [2.05, 4.69) is 15.6 Å². The molecular formula is C10H17N5O2S. The van der Waals surface area contributed by atoms with Crippen LogP contribution in [0.4, 0.5) is 10.9 Å². The predicted octanol–water partition coefficient (Wildman–Crippen LogP) is 0.151. The van der Waals surface area contributed by atoms with Gasteiger partial charge in [-0.1, -0.05) is 11.3 Å². The fourth-order valence-corrected chi connectivity index (χ4v) is 2.22. The summed E-state index contributed by atoms with van der Waals surface area (Å²) in [4.78, 5) is 26.9. The summed E-state index contributed by atoms with van der Waals surface area (Å²) in [5, 5.41) is 6.23. The van der Waals surface area contributed by atoms with Gasteiger partial charge in [0.2, 0.25) is 5.91 Å². The van der Waals surface area contributed by atoms with Crippen molar-refractivity contribution in [3.63, 3.8) is 0 Å². The zero-order chi connectivity index (χ0) is 13.7. The highest BCUT2D eigenvalue weighted by molar-refractivity contribution is 7.18. The van der Waals surface area contributed by atoms with Crippen molar-refractivity contribution in [1.29, 1.82) is 0 Å². The molecule has 0 fully saturated rings. The molecule has 18 heavy (non-hydrogen) atoms. The van der Waals surface area contributed by atoms with Gasteiger partial charge >= 0.3 is 0 Å². The number of thiazole rings is 1. The summed E-state index contributed by atoms with van der Waals surface area (Å²) in [7, 11) is 0. The van der Waals surface area contributed by atoms with Crippen LogP contribution in [0.2, 0.25) is 0 Å². The van der Waals surface area contributed by atoms with Gasteiger partial charge in [0.15, 0.2) is 5.13 Å². The number of anilines is 2. The van der Waals surface area contributed by atoms with Crippen LogP contribution in [0, 0.1) is 0 Å². The van der Waals surface area contributed by atoms with Crippen molar-refractivity contribution >= 4 is 34.1 Å². The Balaban J connectivity index is 2.68. The van der Waals surface area contributed by atoms with E-state index < -0.39 is 5.91 Å². The highest BCUT2D eigenvalue weighted by Gasteiger charge is 2.18. The van der Waals surface area contributed by atoms with Crippen LogP contribution in [-0.4, -0.2) is 29.4 Å². The van der Waals surface area contributed by atoms with Crippen molar-refractivity contribution in [1.82, 2.24) is 10.3 Å². The molecule has 8 heteroatoms. The number of nitrogens with two attached hydrogens (primary N) is 2. The summed E-state index contributed by atoms with van der Waals surface area (Å²) in [6.07, 6.45) is 0.0878. The third-order valence-electron chi connectivity index (χ3n) is 2.07. The Kier molecular flexibility index (Phi) is 4.90. The second-order valence-corrected chi connectivity index (χ2v) is 4.81. The van der Waals surface area contributed by atoms with Crippen LogP contribution in [-0.2, 0) is 4.79 Å². The zero-order valence-corrected chi connectivity index (χ0v) is 11.1. The van der Waals surface area contributed by atoms with E-state index in [9.17, 15) is 9.59 Å². The first-order valence-electron chi connectivity index (χ1n) is 5.53. The van der Waals surface area contributed by atoms with Gasteiger partial charge in [-0.05, 0) is 13.8 Å². The van der Waals surface area contributed by atoms with Crippen molar-refractivity contribution in [2.75, 3.05) is 17.6 Å². The molecule has 100 valence electrons. The fourth-order valence-electron chi connectivity index (χ4n) is 1.36. The van der Waals surface area contributed by atoms with Crippen molar-refractivity contribution < 1.29 is 9.59 Å². The molecule has 0 radical (unpaired) electrons. The topological polar surface area (TPSA) is 123 Å². The summed E-state index contributed by atoms with van der Waals surface area (Å²) in [5.74, 6) is -0.629. The highest BCUT2D eigenvalue weighted by Crippen LogP contribution is 2.24. The molecule has 1 unspecified atom stereocenters. The first-order chi connectivity index (χ1) is 8.43. The molecule has 0 saturated carbocycles. The number of nitrogens with zero attached hydrogens (tertiary/aromatic N) is 1. The summed E-state index contributed by atoms with van der Waals surface area (Å²) < 4.78 is 0. The minimum Gasteiger partial charge on any atom is -0.382 e. The van der Waals surface area contributed by atoms with Crippen molar-refractivity contribution in [2.45, 2.75) is 26.3 Å². The van der Waals surface area contributed by atoms with E-state index >= 15 is 0 Å². The smallest absolute Gasteiger partial charge is 0.265 e. The number of rotatable bonds is 6. The van der Waals surface area contributed by atoms with E-state index in [0.29, 0.717) is 16.6 Å². The molecule has 2 amide bonds. The molecule has 0 aliphatic rings. The maximum atomic E-state index is 11.9. The number of hydrogen-bond acceptors (Lipinski definition) is 6. The molecule has 0 saturated heterocycles. The number of amides is 2. The minimum absolute atomic E-state index is 0.0878. The maximum Gasteiger partial charge on any atom is 0.265 e. The molecule has 0 aromatic carbocycles. The largest absolute Gasteiger partial charge is 0.382 e. The number of nitrogen functional groups attached to an aromatic ring is 1. The zero-order valence-electron chi connectivity index (χ0n) is 10.3. The predicted molar refractivity (Wildman–Crippen MR) is 71.4 cm³/mol. The van der Waals surface area contributed by atoms with Gasteiger partial charge < -0.3 is 22.1 Å². The Labute approximate surface area is 109 Å². The van der Waals surface area contributed by atoms with E-state index in [-0.39, 0.29) is 24.2 Å². The lowest BCUT2D eigenvalue weighted by Gasteiger charge is -2.10. The maximum absolute atomic E-state index is 11.9. The number of carbonyl (C=O) groups is 2. The van der Waals surface area contributed by atoms with Crippen LogP contribution in [0.5, 0.6) is 0 Å². The molecule has 1 atom stereocenters. The van der Waals surface area contributed by atoms with Gasteiger partial charge in [-0.3, -0.25) is 9.59 Å². The van der Waals surface area contributed by atoms with Gasteiger partial charge in [-0.25, -0.2) is 4.98 Å². The van der Waals surface area contributed by atoms with Crippen molar-refractivity contribution in [3.05, 3.63) is 4.88 Å². The summed E-state index contributed by atoms with van der Waals surface area (Å²) >= 11 is 1.18. The molecule has 0 aliphatic carbocycles. The second kappa shape index (κ2) is 6.20. The summed E-state index contributed by atoms with van der Waals surface area (Å²) in [6.45, 7) is 4.32. The van der Waals surface area contributed by atoms with Crippen LogP contribution in [0.25, 0.3) is 0 Å². The standard InChI is InChI=1S/C10H17N5O2S/c1-3-13-10-15-8(12)7(18-10)9(17)14-5(2)4-6(11)16/h5H,3-4,12H2,1-2H3,(H2,11,16)(H,13,15)(H,14,17). The van der Waals surface area contributed by atoms with Crippen LogP contribution in [0.3, 0.4) is 0 Å². The quantitative estimate of drug-likeness (QED) is 0.586. The number of primary amides is 1. The Morgan fingerprint density at radius 2 is 2.17 bits per heavy atom. The van der Waals surface area contributed by atoms with Crippen LogP contribution in [0.1, 0.15) is 29.9 Å². The van der Waals surface area contributed by atoms with E-state index in [4.69, 9.17) is 11.5 Å². The molecule has 0 bridgehead atoms. The molecule has 6 N–H and O–H groups in total. The van der Waals surface area contributed by atoms with E-state index in [0.717, 1.165) is 0 Å². The summed E-state index contributed by atoms with van der Waals surface area (Å²) in [6, 6.07) is -0.334. The monoisotopic (exact) mass is 271 g/mol. The molecular weight excluding hydrogens is 254 g/mol. The van der Waals surface area contributed by atoms with Crippen molar-refractivity contribution in [3.8, 4) is 0 Å². The number of hydrogen-bond donors (Lipinski definition) is 4. The van der Waals surface area contributed by atoms with Crippen LogP contribution in [0.15, 0.2) is 0 Å². The molecule has 1 heterocycles. The van der Waals surface area contributed by atoms with Crippen molar-refractivity contribution in [2.24, 2.45) is 5.73 Å². The third kappa shape index (κ3) is 3.88. The molecule has 1 aromatic rings. The van der Waals surface area contributed by atoms with Gasteiger partial charge in [-0.2, -0.15) is 0 Å².